The smallest absolute Gasteiger partial charge is 0.491 e. The molecule has 1 fully saturated rings. The van der Waals surface area contributed by atoms with Gasteiger partial charge in [0.15, 0.2) is 0 Å². The lowest BCUT2D eigenvalue weighted by Crippen LogP contribution is -2.41. The first-order valence-electron chi connectivity index (χ1n) is 8.59. The van der Waals surface area contributed by atoms with Crippen molar-refractivity contribution in [3.05, 3.63) is 34.8 Å². The van der Waals surface area contributed by atoms with E-state index in [0.717, 1.165) is 11.4 Å². The molecule has 3 rings (SSSR count). The number of hydrogen-bond acceptors (Lipinski definition) is 8. The van der Waals surface area contributed by atoms with Crippen LogP contribution < -0.4 is 10.1 Å². The van der Waals surface area contributed by atoms with Gasteiger partial charge in [-0.15, -0.1) is 11.3 Å². The quantitative estimate of drug-likeness (QED) is 0.577. The van der Waals surface area contributed by atoms with Crippen LogP contribution in [0.3, 0.4) is 0 Å². The maximum Gasteiger partial charge on any atom is 0.491 e. The molecule has 29 heavy (non-hydrogen) atoms. The molecule has 1 aliphatic heterocycles. The van der Waals surface area contributed by atoms with Gasteiger partial charge >= 0.3 is 18.1 Å². The normalized spacial score (nSPS) is 17.0. The van der Waals surface area contributed by atoms with Gasteiger partial charge in [0, 0.05) is 29.7 Å². The van der Waals surface area contributed by atoms with Crippen LogP contribution in [-0.4, -0.2) is 55.5 Å². The maximum absolute atomic E-state index is 12.4. The minimum absolute atomic E-state index is 0.170. The number of thiazole rings is 1. The number of nitrogens with zero attached hydrogens (tertiary/aromatic N) is 1. The summed E-state index contributed by atoms with van der Waals surface area (Å²) in [5.74, 6) is -3.79. The second-order valence-electron chi connectivity index (χ2n) is 6.20. The Morgan fingerprint density at radius 2 is 2.14 bits per heavy atom. The summed E-state index contributed by atoms with van der Waals surface area (Å²) in [6.07, 6.45) is -3.86. The van der Waals surface area contributed by atoms with Crippen molar-refractivity contribution in [2.24, 2.45) is 0 Å². The Morgan fingerprint density at radius 1 is 1.34 bits per heavy atom. The molecular formula is C18H17F3N2O5S. The number of aryl methyl sites for hydroxylation is 1. The van der Waals surface area contributed by atoms with Gasteiger partial charge in [-0.2, -0.15) is 13.2 Å². The highest BCUT2D eigenvalue weighted by atomic mass is 32.1. The number of carbonyl (C=O) groups is 2. The molecule has 1 saturated heterocycles. The number of rotatable bonds is 5. The lowest BCUT2D eigenvalue weighted by molar-refractivity contribution is -0.193. The lowest BCUT2D eigenvalue weighted by atomic mass is 10.1. The highest BCUT2D eigenvalue weighted by Crippen LogP contribution is 2.30. The van der Waals surface area contributed by atoms with Gasteiger partial charge in [0.25, 0.3) is 0 Å². The van der Waals surface area contributed by atoms with Gasteiger partial charge < -0.3 is 19.5 Å². The minimum Gasteiger partial charge on any atom is -0.491 e. The standard InChI is InChI=1S/C18H17F3N2O5S/c1-10-7-23-15(29-10)11-4-12(16(24)28-17(25)18(19,20)21)6-13(5-11)27-9-14-8-22-2-3-26-14/h4-7,14,22H,2-3,8-9H2,1H3/t14-/m1/s1. The molecule has 2 aromatic rings. The van der Waals surface area contributed by atoms with Crippen LogP contribution in [0.25, 0.3) is 10.6 Å². The first-order chi connectivity index (χ1) is 13.7. The molecule has 1 aromatic carbocycles. The van der Waals surface area contributed by atoms with Gasteiger partial charge in [-0.1, -0.05) is 0 Å². The molecule has 1 atom stereocenters. The van der Waals surface area contributed by atoms with Crippen molar-refractivity contribution in [3.8, 4) is 16.3 Å². The van der Waals surface area contributed by atoms with Gasteiger partial charge in [0.2, 0.25) is 0 Å². The third-order valence-corrected chi connectivity index (χ3v) is 4.83. The van der Waals surface area contributed by atoms with Crippen LogP contribution in [0.2, 0.25) is 0 Å². The average molecular weight is 430 g/mol. The second kappa shape index (κ2) is 8.89. The van der Waals surface area contributed by atoms with Gasteiger partial charge in [-0.05, 0) is 25.1 Å². The van der Waals surface area contributed by atoms with Gasteiger partial charge in [-0.25, -0.2) is 14.6 Å². The van der Waals surface area contributed by atoms with E-state index < -0.39 is 18.1 Å². The Balaban J connectivity index is 1.84. The Morgan fingerprint density at radius 3 is 2.76 bits per heavy atom. The van der Waals surface area contributed by atoms with Crippen molar-refractivity contribution in [2.75, 3.05) is 26.3 Å². The van der Waals surface area contributed by atoms with E-state index in [4.69, 9.17) is 9.47 Å². The van der Waals surface area contributed by atoms with E-state index in [1.165, 1.54) is 23.5 Å². The van der Waals surface area contributed by atoms with E-state index in [9.17, 15) is 22.8 Å². The predicted octanol–water partition coefficient (Wildman–Crippen LogP) is 2.73. The Kier molecular flexibility index (Phi) is 6.50. The molecule has 1 aromatic heterocycles. The van der Waals surface area contributed by atoms with Crippen LogP contribution in [-0.2, 0) is 14.3 Å². The number of alkyl halides is 3. The van der Waals surface area contributed by atoms with Crippen molar-refractivity contribution in [1.82, 2.24) is 10.3 Å². The number of hydrogen-bond donors (Lipinski definition) is 1. The zero-order valence-corrected chi connectivity index (χ0v) is 16.1. The molecule has 0 aliphatic carbocycles. The highest BCUT2D eigenvalue weighted by Gasteiger charge is 2.42. The SMILES string of the molecule is Cc1cnc(-c2cc(OC[C@H]3CNCCO3)cc(C(=O)OC(=O)C(F)(F)F)c2)s1. The summed E-state index contributed by atoms with van der Waals surface area (Å²) in [6, 6.07) is 4.12. The van der Waals surface area contributed by atoms with Crippen molar-refractivity contribution in [1.29, 1.82) is 0 Å². The molecule has 0 saturated carbocycles. The summed E-state index contributed by atoms with van der Waals surface area (Å²) in [6.45, 7) is 3.86. The molecule has 0 bridgehead atoms. The van der Waals surface area contributed by atoms with Crippen LogP contribution >= 0.6 is 11.3 Å². The van der Waals surface area contributed by atoms with Gasteiger partial charge in [0.1, 0.15) is 23.5 Å². The molecule has 0 unspecified atom stereocenters. The zero-order chi connectivity index (χ0) is 21.0. The molecule has 11 heteroatoms. The first kappa shape index (κ1) is 21.2. The Labute approximate surface area is 167 Å². The fourth-order valence-electron chi connectivity index (χ4n) is 2.53. The monoisotopic (exact) mass is 430 g/mol. The summed E-state index contributed by atoms with van der Waals surface area (Å²) < 4.78 is 52.3. The number of halogens is 3. The summed E-state index contributed by atoms with van der Waals surface area (Å²) in [7, 11) is 0. The number of ether oxygens (including phenoxy) is 3. The minimum atomic E-state index is -5.27. The zero-order valence-electron chi connectivity index (χ0n) is 15.2. The molecule has 0 spiro atoms. The van der Waals surface area contributed by atoms with E-state index in [0.29, 0.717) is 23.7 Å². The fraction of sp³-hybridized carbons (Fsp3) is 0.389. The number of carbonyl (C=O) groups excluding carboxylic acids is 2. The highest BCUT2D eigenvalue weighted by molar-refractivity contribution is 7.14. The van der Waals surface area contributed by atoms with E-state index >= 15 is 0 Å². The van der Waals surface area contributed by atoms with Crippen molar-refractivity contribution >= 4 is 23.3 Å². The largest absolute Gasteiger partial charge is 0.491 e. The third kappa shape index (κ3) is 5.75. The third-order valence-electron chi connectivity index (χ3n) is 3.87. The average Bonchev–Trinajstić information content (AvgIpc) is 3.12. The first-order valence-corrected chi connectivity index (χ1v) is 9.40. The van der Waals surface area contributed by atoms with Gasteiger partial charge in [0.05, 0.1) is 12.2 Å². The summed E-state index contributed by atoms with van der Waals surface area (Å²) in [5, 5.41) is 3.69. The van der Waals surface area contributed by atoms with Crippen molar-refractivity contribution < 1.29 is 37.0 Å². The molecule has 0 amide bonds. The van der Waals surface area contributed by atoms with E-state index in [1.807, 2.05) is 6.92 Å². The fourth-order valence-corrected chi connectivity index (χ4v) is 3.28. The molecule has 2 heterocycles. The number of morpholine rings is 1. The maximum atomic E-state index is 12.4. The molecule has 7 nitrogen and oxygen atoms in total. The van der Waals surface area contributed by atoms with E-state index in [-0.39, 0.29) is 24.0 Å². The molecule has 156 valence electrons. The van der Waals surface area contributed by atoms with Crippen LogP contribution in [0, 0.1) is 6.92 Å². The predicted molar refractivity (Wildman–Crippen MR) is 96.9 cm³/mol. The van der Waals surface area contributed by atoms with Crippen LogP contribution in [0.15, 0.2) is 24.4 Å². The molecular weight excluding hydrogens is 413 g/mol. The second-order valence-corrected chi connectivity index (χ2v) is 7.44. The number of aromatic nitrogens is 1. The van der Waals surface area contributed by atoms with Crippen molar-refractivity contribution in [2.45, 2.75) is 19.2 Å². The van der Waals surface area contributed by atoms with Crippen molar-refractivity contribution in [3.63, 3.8) is 0 Å². The summed E-state index contributed by atoms with van der Waals surface area (Å²) in [5.41, 5.74) is 0.195. The van der Waals surface area contributed by atoms with Gasteiger partial charge in [-0.3, -0.25) is 0 Å². The number of nitrogens with one attached hydrogen (secondary N) is 1. The number of benzene rings is 1. The lowest BCUT2D eigenvalue weighted by Gasteiger charge is -2.23. The van der Waals surface area contributed by atoms with E-state index in [2.05, 4.69) is 15.0 Å². The van der Waals surface area contributed by atoms with E-state index in [1.54, 1.807) is 12.3 Å². The summed E-state index contributed by atoms with van der Waals surface area (Å²) >= 11 is 1.33. The molecule has 1 N–H and O–H groups in total. The molecule has 1 aliphatic rings. The van der Waals surface area contributed by atoms with Crippen LogP contribution in [0.1, 0.15) is 15.2 Å². The van der Waals surface area contributed by atoms with Crippen LogP contribution in [0.4, 0.5) is 13.2 Å². The Bertz CT molecular complexity index is 894. The van der Waals surface area contributed by atoms with Crippen LogP contribution in [0.5, 0.6) is 5.75 Å². The number of esters is 2. The Hall–Kier alpha value is -2.50. The topological polar surface area (TPSA) is 86.8 Å². The summed E-state index contributed by atoms with van der Waals surface area (Å²) in [4.78, 5) is 28.2. The molecule has 0 radical (unpaired) electrons.